The van der Waals surface area contributed by atoms with Gasteiger partial charge in [0.25, 0.3) is 0 Å². The number of unbranched alkanes of at least 4 members (excludes halogenated alkanes) is 2. The zero-order valence-electron chi connectivity index (χ0n) is 8.18. The second-order valence-corrected chi connectivity index (χ2v) is 4.51. The maximum absolute atomic E-state index is 2.41. The van der Waals surface area contributed by atoms with Crippen LogP contribution in [0.5, 0.6) is 0 Å². The van der Waals surface area contributed by atoms with Gasteiger partial charge in [-0.2, -0.15) is 0 Å². The molecule has 0 amide bonds. The summed E-state index contributed by atoms with van der Waals surface area (Å²) in [5.41, 5.74) is 1.78. The SMILES string of the molecule is CCCCCC1CC(C2=CC2)C1. The molecule has 0 aliphatic heterocycles. The Hall–Kier alpha value is -0.260. The van der Waals surface area contributed by atoms with Crippen LogP contribution >= 0.6 is 0 Å². The van der Waals surface area contributed by atoms with E-state index < -0.39 is 0 Å². The van der Waals surface area contributed by atoms with Crippen molar-refractivity contribution in [3.63, 3.8) is 0 Å². The summed E-state index contributed by atoms with van der Waals surface area (Å²) in [5, 5.41) is 0. The van der Waals surface area contributed by atoms with Gasteiger partial charge in [-0.1, -0.05) is 44.3 Å². The maximum Gasteiger partial charge on any atom is -0.0133 e. The van der Waals surface area contributed by atoms with Crippen LogP contribution in [0, 0.1) is 11.8 Å². The third kappa shape index (κ3) is 1.91. The molecule has 1 fully saturated rings. The molecule has 0 aromatic rings. The van der Waals surface area contributed by atoms with Crippen LogP contribution in [0.2, 0.25) is 0 Å². The zero-order chi connectivity index (χ0) is 8.39. The molecule has 2 rings (SSSR count). The molecule has 12 heavy (non-hydrogen) atoms. The van der Waals surface area contributed by atoms with E-state index in [1.807, 2.05) is 0 Å². The van der Waals surface area contributed by atoms with E-state index >= 15 is 0 Å². The Kier molecular flexibility index (Phi) is 2.53. The molecule has 2 aliphatic rings. The molecular formula is C12H20. The first-order valence-electron chi connectivity index (χ1n) is 5.59. The molecule has 2 aliphatic carbocycles. The maximum atomic E-state index is 2.41. The molecule has 0 nitrogen and oxygen atoms in total. The van der Waals surface area contributed by atoms with Gasteiger partial charge in [0.15, 0.2) is 0 Å². The lowest BCUT2D eigenvalue weighted by molar-refractivity contribution is 0.213. The van der Waals surface area contributed by atoms with Gasteiger partial charge in [0.05, 0.1) is 0 Å². The van der Waals surface area contributed by atoms with Crippen LogP contribution in [0.1, 0.15) is 51.9 Å². The Morgan fingerprint density at radius 3 is 2.67 bits per heavy atom. The number of allylic oxidation sites excluding steroid dienone is 2. The molecule has 0 aromatic heterocycles. The predicted octanol–water partition coefficient (Wildman–Crippen LogP) is 3.92. The fourth-order valence-electron chi connectivity index (χ4n) is 2.35. The summed E-state index contributed by atoms with van der Waals surface area (Å²) < 4.78 is 0. The highest BCUT2D eigenvalue weighted by molar-refractivity contribution is 5.26. The Labute approximate surface area is 76.1 Å². The van der Waals surface area contributed by atoms with E-state index in [1.54, 1.807) is 5.57 Å². The van der Waals surface area contributed by atoms with Gasteiger partial charge in [-0.3, -0.25) is 0 Å². The lowest BCUT2D eigenvalue weighted by Gasteiger charge is -2.34. The Bertz CT molecular complexity index is 172. The van der Waals surface area contributed by atoms with Gasteiger partial charge >= 0.3 is 0 Å². The Balaban J connectivity index is 1.53. The summed E-state index contributed by atoms with van der Waals surface area (Å²) in [7, 11) is 0. The standard InChI is InChI=1S/C12H20/c1-2-3-4-5-10-8-12(9-10)11-6-7-11/h6,10,12H,2-5,7-9H2,1H3. The summed E-state index contributed by atoms with van der Waals surface area (Å²) in [4.78, 5) is 0. The largest absolute Gasteiger partial charge is 0.0807 e. The van der Waals surface area contributed by atoms with Crippen molar-refractivity contribution in [3.8, 4) is 0 Å². The quantitative estimate of drug-likeness (QED) is 0.426. The average Bonchev–Trinajstić information content (AvgIpc) is 2.76. The second kappa shape index (κ2) is 3.64. The van der Waals surface area contributed by atoms with E-state index in [0.717, 1.165) is 11.8 Å². The van der Waals surface area contributed by atoms with Crippen molar-refractivity contribution < 1.29 is 0 Å². The smallest absolute Gasteiger partial charge is 0.0133 e. The number of hydrogen-bond acceptors (Lipinski definition) is 0. The molecule has 68 valence electrons. The van der Waals surface area contributed by atoms with Crippen molar-refractivity contribution in [2.45, 2.75) is 51.9 Å². The van der Waals surface area contributed by atoms with Gasteiger partial charge in [-0.05, 0) is 31.1 Å². The van der Waals surface area contributed by atoms with Crippen LogP contribution < -0.4 is 0 Å². The minimum Gasteiger partial charge on any atom is -0.0807 e. The molecular weight excluding hydrogens is 144 g/mol. The molecule has 0 bridgehead atoms. The van der Waals surface area contributed by atoms with Crippen LogP contribution in [0.4, 0.5) is 0 Å². The first-order valence-corrected chi connectivity index (χ1v) is 5.59. The first-order chi connectivity index (χ1) is 5.90. The molecule has 0 aromatic carbocycles. The molecule has 0 heterocycles. The molecule has 0 N–H and O–H groups in total. The van der Waals surface area contributed by atoms with Crippen LogP contribution in [-0.2, 0) is 0 Å². The van der Waals surface area contributed by atoms with Gasteiger partial charge in [-0.25, -0.2) is 0 Å². The minimum absolute atomic E-state index is 1.04. The third-order valence-corrected chi connectivity index (χ3v) is 3.42. The van der Waals surface area contributed by atoms with Crippen molar-refractivity contribution in [3.05, 3.63) is 11.6 Å². The molecule has 0 unspecified atom stereocenters. The van der Waals surface area contributed by atoms with Gasteiger partial charge in [0, 0.05) is 0 Å². The molecule has 1 saturated carbocycles. The average molecular weight is 164 g/mol. The molecule has 0 saturated heterocycles. The Morgan fingerprint density at radius 1 is 1.33 bits per heavy atom. The summed E-state index contributed by atoms with van der Waals surface area (Å²) in [6.07, 6.45) is 12.6. The minimum atomic E-state index is 1.04. The van der Waals surface area contributed by atoms with Crippen LogP contribution in [0.3, 0.4) is 0 Å². The van der Waals surface area contributed by atoms with Crippen molar-refractivity contribution in [2.24, 2.45) is 11.8 Å². The Morgan fingerprint density at radius 2 is 2.08 bits per heavy atom. The molecule has 0 radical (unpaired) electrons. The van der Waals surface area contributed by atoms with Gasteiger partial charge in [0.2, 0.25) is 0 Å². The summed E-state index contributed by atoms with van der Waals surface area (Å²) in [6.45, 7) is 2.29. The van der Waals surface area contributed by atoms with Crippen molar-refractivity contribution in [1.82, 2.24) is 0 Å². The summed E-state index contributed by atoms with van der Waals surface area (Å²) >= 11 is 0. The fourth-order valence-corrected chi connectivity index (χ4v) is 2.35. The van der Waals surface area contributed by atoms with Crippen LogP contribution in [0.25, 0.3) is 0 Å². The second-order valence-electron chi connectivity index (χ2n) is 4.51. The van der Waals surface area contributed by atoms with Crippen LogP contribution in [0.15, 0.2) is 11.6 Å². The van der Waals surface area contributed by atoms with E-state index in [4.69, 9.17) is 0 Å². The van der Waals surface area contributed by atoms with Crippen molar-refractivity contribution in [2.75, 3.05) is 0 Å². The monoisotopic (exact) mass is 164 g/mol. The van der Waals surface area contributed by atoms with Crippen molar-refractivity contribution in [1.29, 1.82) is 0 Å². The number of hydrogen-bond donors (Lipinski definition) is 0. The van der Waals surface area contributed by atoms with Gasteiger partial charge in [0.1, 0.15) is 0 Å². The van der Waals surface area contributed by atoms with E-state index in [9.17, 15) is 0 Å². The van der Waals surface area contributed by atoms with E-state index in [1.165, 1.54) is 44.9 Å². The number of rotatable bonds is 5. The van der Waals surface area contributed by atoms with E-state index in [2.05, 4.69) is 13.0 Å². The highest BCUT2D eigenvalue weighted by atomic mass is 14.4. The molecule has 0 heteroatoms. The normalized spacial score (nSPS) is 32.6. The third-order valence-electron chi connectivity index (χ3n) is 3.42. The highest BCUT2D eigenvalue weighted by Gasteiger charge is 2.33. The fraction of sp³-hybridized carbons (Fsp3) is 0.833. The lowest BCUT2D eigenvalue weighted by Crippen LogP contribution is -2.22. The summed E-state index contributed by atoms with van der Waals surface area (Å²) in [6, 6.07) is 0. The van der Waals surface area contributed by atoms with E-state index in [-0.39, 0.29) is 0 Å². The zero-order valence-corrected chi connectivity index (χ0v) is 8.18. The van der Waals surface area contributed by atoms with Gasteiger partial charge in [-0.15, -0.1) is 0 Å². The highest BCUT2D eigenvalue weighted by Crippen LogP contribution is 2.46. The predicted molar refractivity (Wildman–Crippen MR) is 53.1 cm³/mol. The van der Waals surface area contributed by atoms with Crippen LogP contribution in [-0.4, -0.2) is 0 Å². The topological polar surface area (TPSA) is 0 Å². The molecule has 0 spiro atoms. The lowest BCUT2D eigenvalue weighted by atomic mass is 9.71. The van der Waals surface area contributed by atoms with E-state index in [0.29, 0.717) is 0 Å². The van der Waals surface area contributed by atoms with Crippen molar-refractivity contribution >= 4 is 0 Å². The first kappa shape index (κ1) is 8.34. The molecule has 0 atom stereocenters. The summed E-state index contributed by atoms with van der Waals surface area (Å²) in [5.74, 6) is 2.14. The van der Waals surface area contributed by atoms with Gasteiger partial charge < -0.3 is 0 Å².